The molecule has 0 aromatic heterocycles. The third-order valence-electron chi connectivity index (χ3n) is 0. The van der Waals surface area contributed by atoms with Gasteiger partial charge in [0.2, 0.25) is 0 Å². The molecule has 0 bridgehead atoms. The predicted molar refractivity (Wildman–Crippen MR) is 0 cm³/mol. The fraction of sp³-hybridized carbons (Fsp3) is 0. The zero-order chi connectivity index (χ0) is 0. The van der Waals surface area contributed by atoms with Crippen LogP contribution in [-0.4, -0.2) is 0 Å². The van der Waals surface area contributed by atoms with Crippen LogP contribution in [0.2, 0.25) is 0 Å². The summed E-state index contributed by atoms with van der Waals surface area (Å²) in [7, 11) is 0. The Hall–Kier alpha value is 2.45. The molecular weight excluding hydrogens is 176 g/mol. The standard InChI is InChI=1S/Fe.Li.Ti.Zn/q+2;+1;2*+2. The molecule has 4 heteroatoms. The Morgan fingerprint density at radius 1 is 1.00 bits per heavy atom. The van der Waals surface area contributed by atoms with Gasteiger partial charge in [-0.1, -0.05) is 0 Å². The van der Waals surface area contributed by atoms with Gasteiger partial charge in [-0.3, -0.25) is 0 Å². The smallest absolute Gasteiger partial charge is 1.00 e. The van der Waals surface area contributed by atoms with E-state index in [1.165, 1.54) is 0 Å². The monoisotopic (exact) mass is 175 g/mol. The van der Waals surface area contributed by atoms with Crippen LogP contribution in [0.1, 0.15) is 0 Å². The van der Waals surface area contributed by atoms with Gasteiger partial charge in [-0.2, -0.15) is 0 Å². The summed E-state index contributed by atoms with van der Waals surface area (Å²) in [6.07, 6.45) is 0. The molecule has 0 amide bonds. The minimum absolute atomic E-state index is 0. The van der Waals surface area contributed by atoms with Crippen LogP contribution in [0, 0.1) is 0 Å². The van der Waals surface area contributed by atoms with Crippen molar-refractivity contribution >= 4 is 0 Å². The van der Waals surface area contributed by atoms with E-state index in [0.29, 0.717) is 0 Å². The molecule has 0 radical (unpaired) electrons. The summed E-state index contributed by atoms with van der Waals surface area (Å²) >= 11 is 0. The summed E-state index contributed by atoms with van der Waals surface area (Å²) in [5.41, 5.74) is 0. The van der Waals surface area contributed by atoms with Crippen LogP contribution >= 0.6 is 0 Å². The first-order valence-electron chi connectivity index (χ1n) is 0. The molecule has 0 aliphatic rings. The SMILES string of the molecule is [Fe+2].[Li+].[Ti+2].[Zn+2]. The maximum atomic E-state index is 0. The van der Waals surface area contributed by atoms with Crippen molar-refractivity contribution in [2.24, 2.45) is 0 Å². The summed E-state index contributed by atoms with van der Waals surface area (Å²) in [5.74, 6) is 0. The van der Waals surface area contributed by atoms with Crippen molar-refractivity contribution in [2.45, 2.75) is 0 Å². The third-order valence-corrected chi connectivity index (χ3v) is 0. The molecule has 0 aliphatic carbocycles. The van der Waals surface area contributed by atoms with Gasteiger partial charge in [0.15, 0.2) is 0 Å². The van der Waals surface area contributed by atoms with Crippen molar-refractivity contribution in [1.82, 2.24) is 0 Å². The van der Waals surface area contributed by atoms with Crippen LogP contribution in [0.3, 0.4) is 0 Å². The van der Waals surface area contributed by atoms with E-state index < -0.39 is 0 Å². The Morgan fingerprint density at radius 2 is 1.00 bits per heavy atom. The molecule has 0 aliphatic heterocycles. The number of hydrogen-bond donors (Lipinski definition) is 0. The Labute approximate surface area is 76.2 Å². The fourth-order valence-electron chi connectivity index (χ4n) is 0. The second-order valence-electron chi connectivity index (χ2n) is 0. The molecule has 0 saturated heterocycles. The summed E-state index contributed by atoms with van der Waals surface area (Å²) in [6.45, 7) is 0. The molecule has 8 valence electrons. The summed E-state index contributed by atoms with van der Waals surface area (Å²) < 4.78 is 0. The van der Waals surface area contributed by atoms with Gasteiger partial charge in [-0.15, -0.1) is 0 Å². The van der Waals surface area contributed by atoms with E-state index in [0.717, 1.165) is 0 Å². The first kappa shape index (κ1) is 31.9. The van der Waals surface area contributed by atoms with Gasteiger partial charge in [-0.25, -0.2) is 0 Å². The molecule has 0 aromatic rings. The van der Waals surface area contributed by atoms with E-state index in [1.54, 1.807) is 0 Å². The van der Waals surface area contributed by atoms with Gasteiger partial charge in [0.25, 0.3) is 0 Å². The van der Waals surface area contributed by atoms with Gasteiger partial charge in [0, 0.05) is 0 Å². The normalized spacial score (nSPS) is 0. The molecule has 0 rings (SSSR count). The van der Waals surface area contributed by atoms with E-state index in [-0.39, 0.29) is 77.1 Å². The second kappa shape index (κ2) is 18.0. The zero-order valence-electron chi connectivity index (χ0n) is 2.56. The average molecular weight is 176 g/mol. The molecule has 4 heavy (non-hydrogen) atoms. The number of hydrogen-bond acceptors (Lipinski definition) is 0. The topological polar surface area (TPSA) is 0 Å². The van der Waals surface area contributed by atoms with E-state index in [2.05, 4.69) is 0 Å². The Bertz CT molecular complexity index is 8.00. The molecule has 0 N–H and O–H groups in total. The largest absolute Gasteiger partial charge is 2.00 e. The van der Waals surface area contributed by atoms with Gasteiger partial charge in [0.1, 0.15) is 0 Å². The summed E-state index contributed by atoms with van der Waals surface area (Å²) in [5, 5.41) is 0. The Balaban J connectivity index is 0. The van der Waals surface area contributed by atoms with E-state index in [4.69, 9.17) is 0 Å². The van der Waals surface area contributed by atoms with Crippen molar-refractivity contribution in [3.05, 3.63) is 0 Å². The molecule has 0 saturated carbocycles. The van der Waals surface area contributed by atoms with E-state index in [1.807, 2.05) is 0 Å². The van der Waals surface area contributed by atoms with Crippen molar-refractivity contribution in [2.75, 3.05) is 0 Å². The quantitative estimate of drug-likeness (QED) is 0.345. The Kier molecular flexibility index (Phi) is 143. The van der Waals surface area contributed by atoms with Crippen molar-refractivity contribution in [1.29, 1.82) is 0 Å². The summed E-state index contributed by atoms with van der Waals surface area (Å²) in [4.78, 5) is 0. The maximum absolute atomic E-state index is 0. The molecule has 0 aromatic carbocycles. The molecule has 0 heterocycles. The van der Waals surface area contributed by atoms with Gasteiger partial charge >= 0.3 is 77.1 Å². The minimum atomic E-state index is 0. The third kappa shape index (κ3) is 8.82. The second-order valence-corrected chi connectivity index (χ2v) is 0. The predicted octanol–water partition coefficient (Wildman–Crippen LogP) is -3.00. The average Bonchev–Trinajstić information content (AvgIpc) is 0. The van der Waals surface area contributed by atoms with Crippen LogP contribution in [0.25, 0.3) is 0 Å². The van der Waals surface area contributed by atoms with Crippen molar-refractivity contribution < 1.29 is 77.1 Å². The fourth-order valence-corrected chi connectivity index (χ4v) is 0. The first-order chi connectivity index (χ1) is 0. The molecular formula is FeLiTiZn+7. The van der Waals surface area contributed by atoms with Gasteiger partial charge < -0.3 is 0 Å². The van der Waals surface area contributed by atoms with Gasteiger partial charge in [-0.05, 0) is 0 Å². The van der Waals surface area contributed by atoms with Crippen LogP contribution in [0.4, 0.5) is 0 Å². The molecule has 0 unspecified atom stereocenters. The van der Waals surface area contributed by atoms with E-state index in [9.17, 15) is 0 Å². The minimum Gasteiger partial charge on any atom is 1.00 e. The van der Waals surface area contributed by atoms with Crippen LogP contribution in [0.5, 0.6) is 0 Å². The van der Waals surface area contributed by atoms with Crippen LogP contribution in [-0.2, 0) is 58.3 Å². The van der Waals surface area contributed by atoms with E-state index >= 15 is 0 Å². The first-order valence-corrected chi connectivity index (χ1v) is 0. The van der Waals surface area contributed by atoms with Gasteiger partial charge in [0.05, 0.1) is 0 Å². The molecule has 0 fully saturated rings. The van der Waals surface area contributed by atoms with Crippen LogP contribution in [0.15, 0.2) is 0 Å². The summed E-state index contributed by atoms with van der Waals surface area (Å²) in [6, 6.07) is 0. The Morgan fingerprint density at radius 3 is 1.00 bits per heavy atom. The van der Waals surface area contributed by atoms with Crippen LogP contribution < -0.4 is 18.9 Å². The number of rotatable bonds is 0. The maximum Gasteiger partial charge on any atom is 2.00 e. The molecule has 0 atom stereocenters. The van der Waals surface area contributed by atoms with Crippen molar-refractivity contribution in [3.63, 3.8) is 0 Å². The molecule has 0 nitrogen and oxygen atoms in total. The van der Waals surface area contributed by atoms with Crippen molar-refractivity contribution in [3.8, 4) is 0 Å². The molecule has 0 spiro atoms. The zero-order valence-corrected chi connectivity index (χ0v) is 8.19.